The minimum absolute atomic E-state index is 0.199. The van der Waals surface area contributed by atoms with Crippen molar-refractivity contribution in [2.75, 3.05) is 20.2 Å². The second-order valence-corrected chi connectivity index (χ2v) is 6.40. The van der Waals surface area contributed by atoms with E-state index in [2.05, 4.69) is 41.6 Å². The molecule has 0 atom stereocenters. The van der Waals surface area contributed by atoms with Crippen LogP contribution in [0.2, 0.25) is 0 Å². The predicted molar refractivity (Wildman–Crippen MR) is 83.0 cm³/mol. The fraction of sp³-hybridized carbons (Fsp3) is 0.643. The van der Waals surface area contributed by atoms with Crippen LogP contribution in [0.1, 0.15) is 30.5 Å². The zero-order chi connectivity index (χ0) is 14.3. The molecule has 1 rings (SSSR count). The summed E-state index contributed by atoms with van der Waals surface area (Å²) in [5.41, 5.74) is -0.199. The van der Waals surface area contributed by atoms with Gasteiger partial charge in [0.2, 0.25) is 0 Å². The number of nitrogens with zero attached hydrogens (tertiary/aromatic N) is 1. The van der Waals surface area contributed by atoms with Crippen LogP contribution < -0.4 is 10.6 Å². The van der Waals surface area contributed by atoms with Gasteiger partial charge in [0, 0.05) is 30.0 Å². The SMILES string of the molecule is CCNC(=NCc1ccc(C)s1)NCC(C)(C)OC. The summed E-state index contributed by atoms with van der Waals surface area (Å²) in [6.07, 6.45) is 0. The van der Waals surface area contributed by atoms with Gasteiger partial charge in [-0.15, -0.1) is 11.3 Å². The van der Waals surface area contributed by atoms with E-state index in [1.165, 1.54) is 9.75 Å². The number of hydrogen-bond donors (Lipinski definition) is 2. The maximum absolute atomic E-state index is 5.39. The van der Waals surface area contributed by atoms with Gasteiger partial charge in [0.1, 0.15) is 0 Å². The third kappa shape index (κ3) is 6.07. The van der Waals surface area contributed by atoms with Gasteiger partial charge in [0.05, 0.1) is 12.1 Å². The molecule has 0 spiro atoms. The van der Waals surface area contributed by atoms with Crippen LogP contribution in [0.3, 0.4) is 0 Å². The van der Waals surface area contributed by atoms with Gasteiger partial charge in [-0.2, -0.15) is 0 Å². The summed E-state index contributed by atoms with van der Waals surface area (Å²) in [4.78, 5) is 7.18. The van der Waals surface area contributed by atoms with Crippen molar-refractivity contribution in [2.24, 2.45) is 4.99 Å². The lowest BCUT2D eigenvalue weighted by Gasteiger charge is -2.24. The van der Waals surface area contributed by atoms with Crippen molar-refractivity contribution in [3.05, 3.63) is 21.9 Å². The van der Waals surface area contributed by atoms with Crippen LogP contribution in [-0.2, 0) is 11.3 Å². The fourth-order valence-electron chi connectivity index (χ4n) is 1.44. The van der Waals surface area contributed by atoms with Crippen molar-refractivity contribution in [2.45, 2.75) is 39.8 Å². The zero-order valence-electron chi connectivity index (χ0n) is 12.5. The van der Waals surface area contributed by atoms with E-state index in [1.54, 1.807) is 18.4 Å². The highest BCUT2D eigenvalue weighted by Crippen LogP contribution is 2.15. The van der Waals surface area contributed by atoms with Gasteiger partial charge >= 0.3 is 0 Å². The number of nitrogens with one attached hydrogen (secondary N) is 2. The highest BCUT2D eigenvalue weighted by molar-refractivity contribution is 7.11. The molecule has 0 fully saturated rings. The molecule has 0 aliphatic rings. The summed E-state index contributed by atoms with van der Waals surface area (Å²) in [6, 6.07) is 4.26. The zero-order valence-corrected chi connectivity index (χ0v) is 13.4. The number of hydrogen-bond acceptors (Lipinski definition) is 3. The molecule has 5 heteroatoms. The number of guanidine groups is 1. The van der Waals surface area contributed by atoms with Crippen molar-refractivity contribution in [1.82, 2.24) is 10.6 Å². The molecule has 0 saturated carbocycles. The van der Waals surface area contributed by atoms with Crippen molar-refractivity contribution < 1.29 is 4.74 Å². The Hall–Kier alpha value is -1.07. The first kappa shape index (κ1) is 16.0. The van der Waals surface area contributed by atoms with Crippen molar-refractivity contribution in [1.29, 1.82) is 0 Å². The average molecular weight is 283 g/mol. The smallest absolute Gasteiger partial charge is 0.191 e. The van der Waals surface area contributed by atoms with Crippen LogP contribution in [0.25, 0.3) is 0 Å². The van der Waals surface area contributed by atoms with Crippen molar-refractivity contribution in [3.8, 4) is 0 Å². The van der Waals surface area contributed by atoms with E-state index in [9.17, 15) is 0 Å². The maximum atomic E-state index is 5.39. The molecular formula is C14H25N3OS. The van der Waals surface area contributed by atoms with Crippen LogP contribution >= 0.6 is 11.3 Å². The molecule has 0 aliphatic heterocycles. The molecule has 1 heterocycles. The Morgan fingerprint density at radius 3 is 2.63 bits per heavy atom. The van der Waals surface area contributed by atoms with Gasteiger partial charge in [-0.1, -0.05) is 0 Å². The first-order valence-corrected chi connectivity index (χ1v) is 7.41. The third-order valence-corrected chi connectivity index (χ3v) is 3.75. The molecule has 0 amide bonds. The number of aliphatic imine (C=N–C) groups is 1. The fourth-order valence-corrected chi connectivity index (χ4v) is 2.25. The molecular weight excluding hydrogens is 258 g/mol. The van der Waals surface area contributed by atoms with E-state index >= 15 is 0 Å². The molecule has 0 bridgehead atoms. The van der Waals surface area contributed by atoms with Crippen LogP contribution in [0.15, 0.2) is 17.1 Å². The Morgan fingerprint density at radius 2 is 2.11 bits per heavy atom. The highest BCUT2D eigenvalue weighted by Gasteiger charge is 2.16. The van der Waals surface area contributed by atoms with Gasteiger partial charge in [-0.3, -0.25) is 0 Å². The summed E-state index contributed by atoms with van der Waals surface area (Å²) >= 11 is 1.79. The summed E-state index contributed by atoms with van der Waals surface area (Å²) in [7, 11) is 1.72. The summed E-state index contributed by atoms with van der Waals surface area (Å²) in [5, 5.41) is 6.55. The minimum Gasteiger partial charge on any atom is -0.377 e. The summed E-state index contributed by atoms with van der Waals surface area (Å²) < 4.78 is 5.39. The molecule has 4 nitrogen and oxygen atoms in total. The lowest BCUT2D eigenvalue weighted by atomic mass is 10.1. The highest BCUT2D eigenvalue weighted by atomic mass is 32.1. The molecule has 0 saturated heterocycles. The maximum Gasteiger partial charge on any atom is 0.191 e. The van der Waals surface area contributed by atoms with Crippen LogP contribution in [-0.4, -0.2) is 31.8 Å². The van der Waals surface area contributed by atoms with E-state index in [1.807, 2.05) is 13.8 Å². The minimum atomic E-state index is -0.199. The van der Waals surface area contributed by atoms with E-state index < -0.39 is 0 Å². The largest absolute Gasteiger partial charge is 0.377 e. The van der Waals surface area contributed by atoms with Gasteiger partial charge < -0.3 is 15.4 Å². The normalized spacial score (nSPS) is 12.6. The number of aryl methyl sites for hydroxylation is 1. The van der Waals surface area contributed by atoms with E-state index in [0.29, 0.717) is 6.54 Å². The molecule has 1 aromatic heterocycles. The van der Waals surface area contributed by atoms with Gasteiger partial charge in [-0.05, 0) is 39.8 Å². The molecule has 0 unspecified atom stereocenters. The number of methoxy groups -OCH3 is 1. The Labute approximate surface area is 120 Å². The molecule has 0 radical (unpaired) electrons. The second-order valence-electron chi connectivity index (χ2n) is 5.02. The van der Waals surface area contributed by atoms with Crippen molar-refractivity contribution in [3.63, 3.8) is 0 Å². The summed E-state index contributed by atoms with van der Waals surface area (Å²) in [6.45, 7) is 10.6. The van der Waals surface area contributed by atoms with E-state index in [-0.39, 0.29) is 5.60 Å². The third-order valence-electron chi connectivity index (χ3n) is 2.77. The molecule has 108 valence electrons. The van der Waals surface area contributed by atoms with Crippen molar-refractivity contribution >= 4 is 17.3 Å². The van der Waals surface area contributed by atoms with Crippen LogP contribution in [0.4, 0.5) is 0 Å². The second kappa shape index (κ2) is 7.50. The topological polar surface area (TPSA) is 45.7 Å². The Bertz CT molecular complexity index is 413. The molecule has 2 N–H and O–H groups in total. The predicted octanol–water partition coefficient (Wildman–Crippen LogP) is 2.54. The van der Waals surface area contributed by atoms with Crippen LogP contribution in [0.5, 0.6) is 0 Å². The molecule has 0 aromatic carbocycles. The Morgan fingerprint density at radius 1 is 1.37 bits per heavy atom. The molecule has 1 aromatic rings. The Balaban J connectivity index is 2.56. The van der Waals surface area contributed by atoms with Crippen LogP contribution in [0, 0.1) is 6.92 Å². The number of ether oxygens (including phenoxy) is 1. The average Bonchev–Trinajstić information content (AvgIpc) is 2.79. The lowest BCUT2D eigenvalue weighted by molar-refractivity contribution is 0.0268. The quantitative estimate of drug-likeness (QED) is 0.623. The molecule has 0 aliphatic carbocycles. The standard InChI is InChI=1S/C14H25N3OS/c1-6-15-13(17-10-14(3,4)18-5)16-9-12-8-7-11(2)19-12/h7-8H,6,9-10H2,1-5H3,(H2,15,16,17). The lowest BCUT2D eigenvalue weighted by Crippen LogP contribution is -2.45. The molecule has 19 heavy (non-hydrogen) atoms. The monoisotopic (exact) mass is 283 g/mol. The summed E-state index contributed by atoms with van der Waals surface area (Å²) in [5.74, 6) is 0.832. The Kier molecular flexibility index (Phi) is 6.31. The van der Waals surface area contributed by atoms with E-state index in [0.717, 1.165) is 19.0 Å². The first-order chi connectivity index (χ1) is 8.96. The van der Waals surface area contributed by atoms with Gasteiger partial charge in [-0.25, -0.2) is 4.99 Å². The van der Waals surface area contributed by atoms with E-state index in [4.69, 9.17) is 4.74 Å². The van der Waals surface area contributed by atoms with Gasteiger partial charge in [0.25, 0.3) is 0 Å². The van der Waals surface area contributed by atoms with Gasteiger partial charge in [0.15, 0.2) is 5.96 Å². The first-order valence-electron chi connectivity index (χ1n) is 6.59. The number of rotatable bonds is 6. The number of thiophene rings is 1.